The Labute approximate surface area is 235 Å². The van der Waals surface area contributed by atoms with Crippen LogP contribution in [0.2, 0.25) is 0 Å². The maximum Gasteiger partial charge on any atom is 0.272 e. The molecule has 4 aromatic rings. The Kier molecular flexibility index (Phi) is 8.70. The molecule has 16 nitrogen and oxygen atoms in total. The van der Waals surface area contributed by atoms with Crippen LogP contribution in [0.15, 0.2) is 43.6 Å². The van der Waals surface area contributed by atoms with Crippen LogP contribution in [0.4, 0.5) is 0 Å². The minimum absolute atomic E-state index is 0.193. The van der Waals surface area contributed by atoms with Gasteiger partial charge in [-0.15, -0.1) is 32.9 Å². The first kappa shape index (κ1) is 28.2. The van der Waals surface area contributed by atoms with E-state index in [0.29, 0.717) is 58.7 Å². The molecule has 210 valence electrons. The molecule has 0 fully saturated rings. The van der Waals surface area contributed by atoms with Gasteiger partial charge in [-0.3, -0.25) is 18.4 Å². The first-order chi connectivity index (χ1) is 19.2. The first-order valence-electron chi connectivity index (χ1n) is 11.9. The second-order valence-corrected chi connectivity index (χ2v) is 10.1. The molecular formula is C22H28N14O2S2. The molecule has 0 aliphatic carbocycles. The number of imidazole rings is 2. The van der Waals surface area contributed by atoms with E-state index in [9.17, 15) is 9.59 Å². The highest BCUT2D eigenvalue weighted by atomic mass is 32.1. The Hall–Kier alpha value is -4.84. The number of nitrogens with two attached hydrogens (primary N) is 4. The summed E-state index contributed by atoms with van der Waals surface area (Å²) in [4.78, 5) is 36.0. The summed E-state index contributed by atoms with van der Waals surface area (Å²) in [5, 5.41) is 24.8. The molecule has 0 spiro atoms. The summed E-state index contributed by atoms with van der Waals surface area (Å²) in [6, 6.07) is 0. The van der Waals surface area contributed by atoms with Crippen LogP contribution in [0.3, 0.4) is 0 Å². The number of guanidine groups is 2. The van der Waals surface area contributed by atoms with Crippen LogP contribution < -0.4 is 33.6 Å². The molecule has 10 N–H and O–H groups in total. The SMILES string of the molecule is C/C(=N/N=C(N)N)c1c(C(=O)NCCCCNC(=O)c2nc3sccn3c2/C(C)=N/N=C(N)N)nc2sccn12. The molecule has 18 heteroatoms. The molecule has 0 aromatic carbocycles. The Morgan fingerprint density at radius 2 is 1.15 bits per heavy atom. The van der Waals surface area contributed by atoms with E-state index >= 15 is 0 Å². The summed E-state index contributed by atoms with van der Waals surface area (Å²) in [5.74, 6) is -1.09. The third-order valence-corrected chi connectivity index (χ3v) is 6.96. The molecule has 0 saturated heterocycles. The van der Waals surface area contributed by atoms with Crippen molar-refractivity contribution >= 4 is 67.8 Å². The number of carbonyl (C=O) groups excluding carboxylic acids is 2. The molecule has 40 heavy (non-hydrogen) atoms. The van der Waals surface area contributed by atoms with Gasteiger partial charge >= 0.3 is 0 Å². The van der Waals surface area contributed by atoms with Crippen LogP contribution in [0.25, 0.3) is 9.92 Å². The quantitative estimate of drug-likeness (QED) is 0.0606. The summed E-state index contributed by atoms with van der Waals surface area (Å²) in [5.41, 5.74) is 23.8. The Morgan fingerprint density at radius 3 is 1.52 bits per heavy atom. The second-order valence-electron chi connectivity index (χ2n) is 8.37. The number of hydrogen-bond donors (Lipinski definition) is 6. The normalized spacial score (nSPS) is 12.1. The third-order valence-electron chi connectivity index (χ3n) is 5.45. The molecule has 0 aliphatic heterocycles. The zero-order chi connectivity index (χ0) is 28.8. The number of unbranched alkanes of at least 4 members (excludes halogenated alkanes) is 1. The van der Waals surface area contributed by atoms with Crippen molar-refractivity contribution in [2.24, 2.45) is 43.3 Å². The van der Waals surface area contributed by atoms with Gasteiger partial charge in [-0.2, -0.15) is 10.2 Å². The van der Waals surface area contributed by atoms with E-state index in [2.05, 4.69) is 41.0 Å². The maximum absolute atomic E-state index is 12.9. The number of rotatable bonds is 11. The fourth-order valence-corrected chi connectivity index (χ4v) is 5.19. The number of nitrogens with zero attached hydrogens (tertiary/aromatic N) is 8. The Balaban J connectivity index is 1.33. The number of aromatic nitrogens is 4. The van der Waals surface area contributed by atoms with Crippen molar-refractivity contribution in [2.75, 3.05) is 13.1 Å². The fraction of sp³-hybridized carbons (Fsp3) is 0.273. The lowest BCUT2D eigenvalue weighted by Gasteiger charge is -2.07. The highest BCUT2D eigenvalue weighted by Gasteiger charge is 2.23. The van der Waals surface area contributed by atoms with E-state index in [0.717, 1.165) is 0 Å². The monoisotopic (exact) mass is 584 g/mol. The number of nitrogens with one attached hydrogen (secondary N) is 2. The van der Waals surface area contributed by atoms with Gasteiger partial charge in [0.05, 0.1) is 11.4 Å². The van der Waals surface area contributed by atoms with Crippen molar-refractivity contribution in [1.82, 2.24) is 29.4 Å². The molecule has 0 unspecified atom stereocenters. The van der Waals surface area contributed by atoms with Gasteiger partial charge < -0.3 is 33.6 Å². The Bertz CT molecular complexity index is 1540. The second kappa shape index (κ2) is 12.3. The number of thiazole rings is 2. The molecule has 4 aromatic heterocycles. The van der Waals surface area contributed by atoms with Gasteiger partial charge in [0.15, 0.2) is 21.3 Å². The van der Waals surface area contributed by atoms with E-state index in [1.54, 1.807) is 35.0 Å². The Morgan fingerprint density at radius 1 is 0.750 bits per heavy atom. The van der Waals surface area contributed by atoms with E-state index in [-0.39, 0.29) is 35.1 Å². The van der Waals surface area contributed by atoms with Crippen molar-refractivity contribution in [2.45, 2.75) is 26.7 Å². The average molecular weight is 585 g/mol. The molecule has 4 heterocycles. The number of fused-ring (bicyclic) bond motifs is 2. The van der Waals surface area contributed by atoms with Crippen molar-refractivity contribution in [1.29, 1.82) is 0 Å². The number of carbonyl (C=O) groups is 2. The van der Waals surface area contributed by atoms with Gasteiger partial charge in [-0.25, -0.2) is 9.97 Å². The molecule has 0 radical (unpaired) electrons. The van der Waals surface area contributed by atoms with Crippen LogP contribution in [0.5, 0.6) is 0 Å². The van der Waals surface area contributed by atoms with Gasteiger partial charge in [0.1, 0.15) is 11.4 Å². The molecule has 0 aliphatic rings. The standard InChI is InChI=1S/C22H28N14O2S2/c1-11(31-33-19(23)24)15-13(29-21-35(15)7-9-39-21)17(37)27-5-3-4-6-28-18(38)14-16(12(2)32-34-20(25)26)36-8-10-40-22(36)30-14/h7-10H,3-6H2,1-2H3,(H,27,37)(H,28,38)(H4,23,24,33)(H4,25,26,34)/b31-11-,32-12+. The topological polar surface area (TPSA) is 246 Å². The van der Waals surface area contributed by atoms with E-state index in [1.165, 1.54) is 22.7 Å². The lowest BCUT2D eigenvalue weighted by atomic mass is 10.2. The van der Waals surface area contributed by atoms with E-state index in [4.69, 9.17) is 22.9 Å². The van der Waals surface area contributed by atoms with Crippen LogP contribution in [0.1, 0.15) is 59.1 Å². The largest absolute Gasteiger partial charge is 0.369 e. The van der Waals surface area contributed by atoms with Crippen molar-refractivity contribution < 1.29 is 9.59 Å². The molecule has 4 rings (SSSR count). The molecule has 0 bridgehead atoms. The van der Waals surface area contributed by atoms with Crippen LogP contribution >= 0.6 is 22.7 Å². The van der Waals surface area contributed by atoms with Crippen molar-refractivity contribution in [3.8, 4) is 0 Å². The zero-order valence-electron chi connectivity index (χ0n) is 21.7. The summed E-state index contributed by atoms with van der Waals surface area (Å²) >= 11 is 2.77. The molecule has 0 saturated carbocycles. The lowest BCUT2D eigenvalue weighted by Crippen LogP contribution is -2.29. The summed E-state index contributed by atoms with van der Waals surface area (Å²) in [6.45, 7) is 4.13. The highest BCUT2D eigenvalue weighted by molar-refractivity contribution is 7.15. The van der Waals surface area contributed by atoms with Crippen molar-refractivity contribution in [3.63, 3.8) is 0 Å². The maximum atomic E-state index is 12.9. The van der Waals surface area contributed by atoms with Gasteiger partial charge in [-0.1, -0.05) is 0 Å². The minimum atomic E-state index is -0.354. The fourth-order valence-electron chi connectivity index (χ4n) is 3.76. The lowest BCUT2D eigenvalue weighted by molar-refractivity contribution is 0.0935. The van der Waals surface area contributed by atoms with Crippen LogP contribution in [-0.2, 0) is 0 Å². The average Bonchev–Trinajstić information content (AvgIpc) is 3.68. The van der Waals surface area contributed by atoms with Crippen LogP contribution in [0, 0.1) is 0 Å². The van der Waals surface area contributed by atoms with E-state index in [1.807, 2.05) is 10.8 Å². The molecule has 2 amide bonds. The smallest absolute Gasteiger partial charge is 0.272 e. The van der Waals surface area contributed by atoms with Crippen molar-refractivity contribution in [3.05, 3.63) is 45.9 Å². The van der Waals surface area contributed by atoms with Gasteiger partial charge in [0.2, 0.25) is 11.9 Å². The summed E-state index contributed by atoms with van der Waals surface area (Å²) < 4.78 is 3.52. The van der Waals surface area contributed by atoms with E-state index < -0.39 is 0 Å². The van der Waals surface area contributed by atoms with Gasteiger partial charge in [0, 0.05) is 36.2 Å². The van der Waals surface area contributed by atoms with Gasteiger partial charge in [-0.05, 0) is 26.7 Å². The molecule has 0 atom stereocenters. The minimum Gasteiger partial charge on any atom is -0.369 e. The number of hydrogen-bond acceptors (Lipinski definition) is 10. The zero-order valence-corrected chi connectivity index (χ0v) is 23.3. The third kappa shape index (κ3) is 6.24. The molecular weight excluding hydrogens is 556 g/mol. The van der Waals surface area contributed by atoms with Crippen LogP contribution in [-0.4, -0.2) is 67.0 Å². The summed E-state index contributed by atoms with van der Waals surface area (Å²) in [7, 11) is 0. The predicted octanol–water partition coefficient (Wildman–Crippen LogP) is 0.0398. The first-order valence-corrected chi connectivity index (χ1v) is 13.7. The number of amides is 2. The summed E-state index contributed by atoms with van der Waals surface area (Å²) in [6.07, 6.45) is 4.81. The van der Waals surface area contributed by atoms with Gasteiger partial charge in [0.25, 0.3) is 11.8 Å². The highest BCUT2D eigenvalue weighted by Crippen LogP contribution is 2.20. The predicted molar refractivity (Wildman–Crippen MR) is 156 cm³/mol.